The molecule has 0 spiro atoms. The molecule has 0 radical (unpaired) electrons. The van der Waals surface area contributed by atoms with E-state index in [0.717, 1.165) is 5.56 Å². The molecule has 33 heavy (non-hydrogen) atoms. The van der Waals surface area contributed by atoms with Gasteiger partial charge in [-0.2, -0.15) is 0 Å². The lowest BCUT2D eigenvalue weighted by atomic mass is 10.2. The fourth-order valence-electron chi connectivity index (χ4n) is 3.07. The predicted octanol–water partition coefficient (Wildman–Crippen LogP) is 5.80. The highest BCUT2D eigenvalue weighted by Gasteiger charge is 2.15. The number of anilines is 1. The quantitative estimate of drug-likeness (QED) is 0.357. The van der Waals surface area contributed by atoms with E-state index in [1.54, 1.807) is 67.1 Å². The van der Waals surface area contributed by atoms with Crippen LogP contribution in [0.5, 0.6) is 17.2 Å². The molecular weight excluding hydrogens is 443 g/mol. The second-order valence-corrected chi connectivity index (χ2v) is 7.82. The SMILES string of the molecule is COc1ccc(NC(=O)c2csc(-c3ccc(OCc4ccccc4F)c(OC)c3)n2)cc1. The lowest BCUT2D eigenvalue weighted by Gasteiger charge is -2.12. The molecule has 3 aromatic carbocycles. The summed E-state index contributed by atoms with van der Waals surface area (Å²) in [6, 6.07) is 18.9. The van der Waals surface area contributed by atoms with Gasteiger partial charge in [0.2, 0.25) is 0 Å². The Bertz CT molecular complexity index is 1260. The predicted molar refractivity (Wildman–Crippen MR) is 126 cm³/mol. The molecule has 8 heteroatoms. The minimum atomic E-state index is -0.323. The van der Waals surface area contributed by atoms with Gasteiger partial charge in [0, 0.05) is 22.2 Å². The van der Waals surface area contributed by atoms with Gasteiger partial charge >= 0.3 is 0 Å². The zero-order valence-electron chi connectivity index (χ0n) is 18.0. The number of methoxy groups -OCH3 is 2. The van der Waals surface area contributed by atoms with E-state index in [4.69, 9.17) is 14.2 Å². The number of amides is 1. The molecule has 0 bridgehead atoms. The van der Waals surface area contributed by atoms with E-state index in [1.807, 2.05) is 6.07 Å². The molecule has 1 aromatic heterocycles. The Hall–Kier alpha value is -3.91. The Morgan fingerprint density at radius 1 is 1.00 bits per heavy atom. The highest BCUT2D eigenvalue weighted by atomic mass is 32.1. The first-order valence-corrected chi connectivity index (χ1v) is 10.9. The molecule has 0 atom stereocenters. The average molecular weight is 465 g/mol. The number of aromatic nitrogens is 1. The number of hydrogen-bond acceptors (Lipinski definition) is 6. The highest BCUT2D eigenvalue weighted by molar-refractivity contribution is 7.13. The third-order valence-corrected chi connectivity index (χ3v) is 5.73. The Morgan fingerprint density at radius 3 is 2.52 bits per heavy atom. The van der Waals surface area contributed by atoms with Crippen molar-refractivity contribution in [1.82, 2.24) is 4.98 Å². The molecule has 0 unspecified atom stereocenters. The second kappa shape index (κ2) is 10.1. The van der Waals surface area contributed by atoms with Crippen LogP contribution in [-0.2, 0) is 6.61 Å². The Kier molecular flexibility index (Phi) is 6.85. The molecule has 0 aliphatic rings. The third-order valence-electron chi connectivity index (χ3n) is 4.84. The van der Waals surface area contributed by atoms with Crippen molar-refractivity contribution in [2.45, 2.75) is 6.61 Å². The van der Waals surface area contributed by atoms with E-state index in [9.17, 15) is 9.18 Å². The number of hydrogen-bond donors (Lipinski definition) is 1. The fraction of sp³-hybridized carbons (Fsp3) is 0.120. The first-order valence-electron chi connectivity index (χ1n) is 10.0. The van der Waals surface area contributed by atoms with Crippen LogP contribution >= 0.6 is 11.3 Å². The van der Waals surface area contributed by atoms with Crippen LogP contribution in [0.4, 0.5) is 10.1 Å². The minimum Gasteiger partial charge on any atom is -0.497 e. The van der Waals surface area contributed by atoms with E-state index >= 15 is 0 Å². The van der Waals surface area contributed by atoms with Gasteiger partial charge in [-0.05, 0) is 48.5 Å². The summed E-state index contributed by atoms with van der Waals surface area (Å²) in [5, 5.41) is 5.18. The van der Waals surface area contributed by atoms with Crippen molar-refractivity contribution in [1.29, 1.82) is 0 Å². The van der Waals surface area contributed by atoms with Crippen LogP contribution in [0.15, 0.2) is 72.1 Å². The monoisotopic (exact) mass is 464 g/mol. The fourth-order valence-corrected chi connectivity index (χ4v) is 3.87. The van der Waals surface area contributed by atoms with Gasteiger partial charge in [0.25, 0.3) is 5.91 Å². The largest absolute Gasteiger partial charge is 0.497 e. The van der Waals surface area contributed by atoms with Crippen LogP contribution in [0.1, 0.15) is 16.1 Å². The van der Waals surface area contributed by atoms with Crippen LogP contribution in [0.3, 0.4) is 0 Å². The van der Waals surface area contributed by atoms with Crippen molar-refractivity contribution >= 4 is 22.9 Å². The number of halogens is 1. The number of benzene rings is 3. The van der Waals surface area contributed by atoms with E-state index < -0.39 is 0 Å². The van der Waals surface area contributed by atoms with Gasteiger partial charge in [-0.15, -0.1) is 11.3 Å². The normalized spacial score (nSPS) is 10.5. The first kappa shape index (κ1) is 22.3. The number of nitrogens with zero attached hydrogens (tertiary/aromatic N) is 1. The Balaban J connectivity index is 1.46. The Labute approximate surface area is 194 Å². The van der Waals surface area contributed by atoms with Crippen molar-refractivity contribution in [2.24, 2.45) is 0 Å². The number of carbonyl (C=O) groups excluding carboxylic acids is 1. The summed E-state index contributed by atoms with van der Waals surface area (Å²) in [6.45, 7) is 0.0787. The summed E-state index contributed by atoms with van der Waals surface area (Å²) in [4.78, 5) is 17.0. The lowest BCUT2D eigenvalue weighted by molar-refractivity contribution is 0.102. The van der Waals surface area contributed by atoms with Crippen LogP contribution in [-0.4, -0.2) is 25.1 Å². The van der Waals surface area contributed by atoms with Crippen LogP contribution in [0.25, 0.3) is 10.6 Å². The van der Waals surface area contributed by atoms with Crippen molar-refractivity contribution in [3.8, 4) is 27.8 Å². The summed E-state index contributed by atoms with van der Waals surface area (Å²) >= 11 is 1.35. The van der Waals surface area contributed by atoms with Gasteiger partial charge in [0.15, 0.2) is 11.5 Å². The molecule has 4 rings (SSSR count). The molecule has 1 amide bonds. The van der Waals surface area contributed by atoms with E-state index in [0.29, 0.717) is 39.2 Å². The number of nitrogens with one attached hydrogen (secondary N) is 1. The van der Waals surface area contributed by atoms with Gasteiger partial charge in [0.05, 0.1) is 14.2 Å². The van der Waals surface area contributed by atoms with Gasteiger partial charge in [-0.25, -0.2) is 9.37 Å². The summed E-state index contributed by atoms with van der Waals surface area (Å²) in [5.74, 6) is 1.05. The molecule has 168 valence electrons. The minimum absolute atomic E-state index is 0.0787. The molecule has 0 aliphatic heterocycles. The summed E-state index contributed by atoms with van der Waals surface area (Å²) in [6.07, 6.45) is 0. The maximum atomic E-state index is 13.8. The Morgan fingerprint density at radius 2 is 1.79 bits per heavy atom. The molecule has 4 aromatic rings. The lowest BCUT2D eigenvalue weighted by Crippen LogP contribution is -2.12. The van der Waals surface area contributed by atoms with Crippen molar-refractivity contribution in [3.63, 3.8) is 0 Å². The van der Waals surface area contributed by atoms with E-state index in [2.05, 4.69) is 10.3 Å². The standard InChI is InChI=1S/C25H21FN2O4S/c1-30-19-10-8-18(9-11-19)27-24(29)21-15-33-25(28-21)16-7-12-22(23(13-16)31-2)32-14-17-5-3-4-6-20(17)26/h3-13,15H,14H2,1-2H3,(H,27,29). The van der Waals surface area contributed by atoms with E-state index in [1.165, 1.54) is 24.5 Å². The molecule has 1 heterocycles. The molecule has 0 saturated carbocycles. The molecule has 6 nitrogen and oxygen atoms in total. The zero-order chi connectivity index (χ0) is 23.2. The average Bonchev–Trinajstić information content (AvgIpc) is 3.34. The van der Waals surface area contributed by atoms with E-state index in [-0.39, 0.29) is 18.3 Å². The summed E-state index contributed by atoms with van der Waals surface area (Å²) < 4.78 is 30.2. The number of rotatable bonds is 8. The summed E-state index contributed by atoms with van der Waals surface area (Å²) in [7, 11) is 3.12. The number of thiazole rings is 1. The van der Waals surface area contributed by atoms with Crippen molar-refractivity contribution < 1.29 is 23.4 Å². The zero-order valence-corrected chi connectivity index (χ0v) is 18.8. The molecule has 0 aliphatic carbocycles. The number of ether oxygens (including phenoxy) is 3. The van der Waals surface area contributed by atoms with Gasteiger partial charge in [0.1, 0.15) is 28.9 Å². The third kappa shape index (κ3) is 5.30. The molecule has 1 N–H and O–H groups in total. The molecular formula is C25H21FN2O4S. The molecule has 0 saturated heterocycles. The first-order chi connectivity index (χ1) is 16.1. The molecule has 0 fully saturated rings. The van der Waals surface area contributed by atoms with Crippen molar-refractivity contribution in [2.75, 3.05) is 19.5 Å². The smallest absolute Gasteiger partial charge is 0.275 e. The topological polar surface area (TPSA) is 69.7 Å². The second-order valence-electron chi connectivity index (χ2n) is 6.97. The summed E-state index contributed by atoms with van der Waals surface area (Å²) in [5.41, 5.74) is 2.19. The van der Waals surface area contributed by atoms with Crippen molar-refractivity contribution in [3.05, 3.63) is 89.2 Å². The van der Waals surface area contributed by atoms with Gasteiger partial charge < -0.3 is 19.5 Å². The van der Waals surface area contributed by atoms with Gasteiger partial charge in [-0.3, -0.25) is 4.79 Å². The van der Waals surface area contributed by atoms with Crippen LogP contribution in [0.2, 0.25) is 0 Å². The van der Waals surface area contributed by atoms with Crippen LogP contribution in [0, 0.1) is 5.82 Å². The van der Waals surface area contributed by atoms with Crippen LogP contribution < -0.4 is 19.5 Å². The maximum Gasteiger partial charge on any atom is 0.275 e. The maximum absolute atomic E-state index is 13.8. The highest BCUT2D eigenvalue weighted by Crippen LogP contribution is 2.34. The number of carbonyl (C=O) groups is 1. The van der Waals surface area contributed by atoms with Gasteiger partial charge in [-0.1, -0.05) is 18.2 Å².